The number of rotatable bonds is 51. The fourth-order valence-corrected chi connectivity index (χ4v) is 8.68. The molecule has 6 atom stereocenters. The molecule has 0 aromatic heterocycles. The molecule has 1 heterocycles. The molecule has 0 saturated carbocycles. The van der Waals surface area contributed by atoms with Crippen molar-refractivity contribution in [1.82, 2.24) is 0 Å². The van der Waals surface area contributed by atoms with Crippen molar-refractivity contribution in [2.45, 2.75) is 289 Å². The van der Waals surface area contributed by atoms with Crippen LogP contribution in [0.15, 0.2) is 85.1 Å². The Morgan fingerprint density at radius 2 is 0.805 bits per heavy atom. The molecule has 0 aromatic rings. The van der Waals surface area contributed by atoms with Crippen LogP contribution in [0, 0.1) is 0 Å². The van der Waals surface area contributed by atoms with E-state index in [2.05, 4.69) is 106 Å². The Balaban J connectivity index is 2.69. The fraction of sp³-hybridized carbons (Fsp3) is 0.723. The van der Waals surface area contributed by atoms with E-state index in [1.54, 1.807) is 0 Å². The van der Waals surface area contributed by atoms with Gasteiger partial charge in [0.2, 0.25) is 0 Å². The maximum absolute atomic E-state index is 13.1. The molecule has 12 heteroatoms. The van der Waals surface area contributed by atoms with Crippen molar-refractivity contribution in [2.24, 2.45) is 0 Å². The largest absolute Gasteiger partial charge is 0.479 e. The molecule has 3 N–H and O–H groups in total. The molecule has 440 valence electrons. The molecule has 1 saturated heterocycles. The maximum Gasteiger partial charge on any atom is 0.335 e. The molecule has 0 spiro atoms. The summed E-state index contributed by atoms with van der Waals surface area (Å²) >= 11 is 0. The van der Waals surface area contributed by atoms with Crippen LogP contribution in [0.1, 0.15) is 252 Å². The second kappa shape index (κ2) is 52.6. The Kier molecular flexibility index (Phi) is 48.4. The first kappa shape index (κ1) is 70.9. The first-order chi connectivity index (χ1) is 37.6. The molecule has 0 radical (unpaired) electrons. The smallest absolute Gasteiger partial charge is 0.335 e. The van der Waals surface area contributed by atoms with Crippen molar-refractivity contribution >= 4 is 23.9 Å². The van der Waals surface area contributed by atoms with Gasteiger partial charge in [-0.2, -0.15) is 0 Å². The number of carbonyl (C=O) groups is 4. The number of ether oxygens (including phenoxy) is 5. The molecule has 1 rings (SSSR count). The highest BCUT2D eigenvalue weighted by atomic mass is 16.7. The van der Waals surface area contributed by atoms with E-state index in [1.165, 1.54) is 44.9 Å². The van der Waals surface area contributed by atoms with Gasteiger partial charge in [-0.05, 0) is 116 Å². The van der Waals surface area contributed by atoms with Crippen LogP contribution in [-0.4, -0.2) is 89.2 Å². The van der Waals surface area contributed by atoms with Crippen molar-refractivity contribution < 1.29 is 58.2 Å². The number of hydrogen-bond acceptors (Lipinski definition) is 11. The Morgan fingerprint density at radius 3 is 1.23 bits per heavy atom. The fourth-order valence-electron chi connectivity index (χ4n) is 8.68. The number of allylic oxidation sites excluding steroid dienone is 14. The lowest BCUT2D eigenvalue weighted by atomic mass is 9.98. The van der Waals surface area contributed by atoms with E-state index < -0.39 is 67.3 Å². The van der Waals surface area contributed by atoms with Crippen LogP contribution in [0.5, 0.6) is 0 Å². The maximum atomic E-state index is 13.1. The summed E-state index contributed by atoms with van der Waals surface area (Å²) in [6.07, 6.45) is 55.4. The summed E-state index contributed by atoms with van der Waals surface area (Å²) in [5.74, 6) is -3.17. The van der Waals surface area contributed by atoms with Gasteiger partial charge in [-0.1, -0.05) is 202 Å². The molecule has 0 aliphatic carbocycles. The van der Waals surface area contributed by atoms with Crippen molar-refractivity contribution in [1.29, 1.82) is 0 Å². The van der Waals surface area contributed by atoms with Crippen LogP contribution in [-0.2, 0) is 42.9 Å². The topological polar surface area (TPSA) is 175 Å². The predicted octanol–water partition coefficient (Wildman–Crippen LogP) is 15.9. The number of carboxylic acids is 1. The standard InChI is InChI=1S/C65H108O12/c1-4-7-10-13-16-19-22-25-27-28-29-30-32-34-36-39-42-45-48-51-57(66)73-54-56(75-58(67)52-49-46-43-40-37-33-24-21-18-15-12-9-6-3)55-74-65-63(61(70)60(69)62(77-65)64(71)72)76-59(68)53-50-47-44-41-38-35-31-26-23-20-17-14-11-8-5-2/h12,15-17,19-21,24-27,29-31,56,60-63,65,69-70H,4-11,13-14,18,22-23,28,32-55H2,1-3H3,(H,71,72)/b15-12-,19-16-,20-17-,24-21-,27-25-,30-29-,31-26-. The summed E-state index contributed by atoms with van der Waals surface area (Å²) in [4.78, 5) is 51.2. The van der Waals surface area contributed by atoms with Crippen molar-refractivity contribution in [2.75, 3.05) is 13.2 Å². The van der Waals surface area contributed by atoms with Gasteiger partial charge in [0.15, 0.2) is 24.6 Å². The lowest BCUT2D eigenvalue weighted by molar-refractivity contribution is -0.301. The second-order valence-corrected chi connectivity index (χ2v) is 20.6. The van der Waals surface area contributed by atoms with E-state index in [-0.39, 0.29) is 25.9 Å². The number of hydrogen-bond donors (Lipinski definition) is 3. The highest BCUT2D eigenvalue weighted by Crippen LogP contribution is 2.26. The zero-order valence-corrected chi connectivity index (χ0v) is 48.4. The Bertz CT molecular complexity index is 1660. The summed E-state index contributed by atoms with van der Waals surface area (Å²) < 4.78 is 28.4. The average molecular weight is 1080 g/mol. The van der Waals surface area contributed by atoms with E-state index in [4.69, 9.17) is 23.7 Å². The van der Waals surface area contributed by atoms with Crippen molar-refractivity contribution in [3.8, 4) is 0 Å². The van der Waals surface area contributed by atoms with E-state index in [0.717, 1.165) is 148 Å². The minimum absolute atomic E-state index is 0.0387. The number of esters is 3. The number of unbranched alkanes of at least 4 members (excludes halogenated alkanes) is 23. The van der Waals surface area contributed by atoms with Gasteiger partial charge in [0.25, 0.3) is 0 Å². The van der Waals surface area contributed by atoms with Crippen LogP contribution in [0.3, 0.4) is 0 Å². The quantitative estimate of drug-likeness (QED) is 0.0228. The number of aliphatic carboxylic acids is 1. The van der Waals surface area contributed by atoms with Gasteiger partial charge < -0.3 is 39.0 Å². The molecular formula is C65H108O12. The van der Waals surface area contributed by atoms with E-state index >= 15 is 0 Å². The molecule has 12 nitrogen and oxygen atoms in total. The van der Waals surface area contributed by atoms with Gasteiger partial charge in [0.05, 0.1) is 6.61 Å². The monoisotopic (exact) mass is 1080 g/mol. The zero-order chi connectivity index (χ0) is 56.1. The van der Waals surface area contributed by atoms with E-state index in [1.807, 2.05) is 0 Å². The van der Waals surface area contributed by atoms with Crippen LogP contribution in [0.4, 0.5) is 0 Å². The van der Waals surface area contributed by atoms with Crippen LogP contribution in [0.25, 0.3) is 0 Å². The summed E-state index contributed by atoms with van der Waals surface area (Å²) in [5, 5.41) is 31.5. The highest BCUT2D eigenvalue weighted by Gasteiger charge is 2.50. The molecule has 1 aliphatic rings. The molecule has 1 fully saturated rings. The minimum Gasteiger partial charge on any atom is -0.479 e. The third-order valence-electron chi connectivity index (χ3n) is 13.4. The van der Waals surface area contributed by atoms with Crippen LogP contribution < -0.4 is 0 Å². The molecule has 0 amide bonds. The van der Waals surface area contributed by atoms with Gasteiger partial charge in [0.1, 0.15) is 18.8 Å². The summed E-state index contributed by atoms with van der Waals surface area (Å²) in [6, 6.07) is 0. The normalized spacial score (nSPS) is 18.6. The zero-order valence-electron chi connectivity index (χ0n) is 48.4. The Labute approximate surface area is 467 Å². The molecular weight excluding hydrogens is 973 g/mol. The third kappa shape index (κ3) is 42.5. The first-order valence-corrected chi connectivity index (χ1v) is 30.6. The molecule has 6 unspecified atom stereocenters. The highest BCUT2D eigenvalue weighted by molar-refractivity contribution is 5.74. The lowest BCUT2D eigenvalue weighted by Gasteiger charge is -2.40. The van der Waals surface area contributed by atoms with E-state index in [0.29, 0.717) is 19.3 Å². The minimum atomic E-state index is -1.91. The summed E-state index contributed by atoms with van der Waals surface area (Å²) in [7, 11) is 0. The lowest BCUT2D eigenvalue weighted by Crippen LogP contribution is -2.61. The van der Waals surface area contributed by atoms with E-state index in [9.17, 15) is 34.5 Å². The first-order valence-electron chi connectivity index (χ1n) is 30.6. The Morgan fingerprint density at radius 1 is 0.429 bits per heavy atom. The number of aliphatic hydroxyl groups is 2. The van der Waals surface area contributed by atoms with Gasteiger partial charge >= 0.3 is 23.9 Å². The summed E-state index contributed by atoms with van der Waals surface area (Å²) in [6.45, 7) is 5.85. The van der Waals surface area contributed by atoms with Gasteiger partial charge in [-0.25, -0.2) is 4.79 Å². The average Bonchev–Trinajstić information content (AvgIpc) is 3.42. The predicted molar refractivity (Wildman–Crippen MR) is 312 cm³/mol. The number of carboxylic acid groups (broad SMARTS) is 1. The molecule has 0 aromatic carbocycles. The molecule has 0 bridgehead atoms. The second-order valence-electron chi connectivity index (χ2n) is 20.6. The number of aliphatic hydroxyl groups excluding tert-OH is 2. The van der Waals surface area contributed by atoms with Crippen LogP contribution >= 0.6 is 0 Å². The van der Waals surface area contributed by atoms with Crippen molar-refractivity contribution in [3.63, 3.8) is 0 Å². The van der Waals surface area contributed by atoms with Crippen molar-refractivity contribution in [3.05, 3.63) is 85.1 Å². The van der Waals surface area contributed by atoms with Gasteiger partial charge in [-0.15, -0.1) is 0 Å². The van der Waals surface area contributed by atoms with Gasteiger partial charge in [-0.3, -0.25) is 14.4 Å². The third-order valence-corrected chi connectivity index (χ3v) is 13.4. The van der Waals surface area contributed by atoms with Gasteiger partial charge in [0, 0.05) is 19.3 Å². The molecule has 1 aliphatic heterocycles. The SMILES string of the molecule is CCC/C=C\C/C=C\CCCCCCCC(=O)OC(COC(=O)CCCCCCCC/C=C\C/C=C\C/C=C\CCCCC)COC1OC(C(=O)O)C(O)C(O)C1OC(=O)CCCCCCC/C=C\C/C=C\CCCCC. The number of carbonyl (C=O) groups excluding carboxylic acids is 3. The molecule has 77 heavy (non-hydrogen) atoms. The summed E-state index contributed by atoms with van der Waals surface area (Å²) in [5.41, 5.74) is 0. The van der Waals surface area contributed by atoms with Crippen LogP contribution in [0.2, 0.25) is 0 Å². The Hall–Kier alpha value is -4.10.